The number of fused-ring (bicyclic) bond motifs is 1. The van der Waals surface area contributed by atoms with Crippen LogP contribution >= 0.6 is 0 Å². The molecule has 0 saturated carbocycles. The molecule has 1 aliphatic heterocycles. The Morgan fingerprint density at radius 3 is 2.67 bits per heavy atom. The summed E-state index contributed by atoms with van der Waals surface area (Å²) in [5.41, 5.74) is 0.857. The van der Waals surface area contributed by atoms with Crippen LogP contribution in [0.3, 0.4) is 0 Å². The van der Waals surface area contributed by atoms with Gasteiger partial charge >= 0.3 is 16.3 Å². The fourth-order valence-corrected chi connectivity index (χ4v) is 3.43. The van der Waals surface area contributed by atoms with Crippen LogP contribution in [0.1, 0.15) is 11.1 Å². The van der Waals surface area contributed by atoms with E-state index in [0.29, 0.717) is 22.5 Å². The summed E-state index contributed by atoms with van der Waals surface area (Å²) in [5.74, 6) is 0.155. The van der Waals surface area contributed by atoms with Gasteiger partial charge in [0.2, 0.25) is 0 Å². The first kappa shape index (κ1) is 17.3. The fraction of sp³-hybridized carbons (Fsp3) is 0.0588. The first-order valence-electron chi connectivity index (χ1n) is 7.58. The second-order valence-corrected chi connectivity index (χ2v) is 7.14. The fourth-order valence-electron chi connectivity index (χ4n) is 2.66. The van der Waals surface area contributed by atoms with Crippen LogP contribution in [0.15, 0.2) is 54.1 Å². The Bertz CT molecular complexity index is 1170. The summed E-state index contributed by atoms with van der Waals surface area (Å²) in [5, 5.41) is 8.65. The van der Waals surface area contributed by atoms with Gasteiger partial charge in [0.05, 0.1) is 28.5 Å². The molecule has 4 rings (SSSR count). The molecule has 1 aliphatic rings. The van der Waals surface area contributed by atoms with Crippen molar-refractivity contribution >= 4 is 16.2 Å². The highest BCUT2D eigenvalue weighted by molar-refractivity contribution is 7.90. The van der Waals surface area contributed by atoms with Crippen molar-refractivity contribution in [2.45, 2.75) is 6.18 Å². The second-order valence-electron chi connectivity index (χ2n) is 5.71. The third kappa shape index (κ3) is 3.31. The number of hydrogen-bond acceptors (Lipinski definition) is 5. The summed E-state index contributed by atoms with van der Waals surface area (Å²) in [6, 6.07) is 9.43. The quantitative estimate of drug-likeness (QED) is 0.622. The summed E-state index contributed by atoms with van der Waals surface area (Å²) in [6.07, 6.45) is -1.74. The summed E-state index contributed by atoms with van der Waals surface area (Å²) in [6.45, 7) is 0. The first-order valence-corrected chi connectivity index (χ1v) is 9.05. The molecule has 1 aromatic heterocycles. The number of nitrogens with zero attached hydrogens (tertiary/aromatic N) is 3. The van der Waals surface area contributed by atoms with Gasteiger partial charge in [-0.25, -0.2) is 4.68 Å². The van der Waals surface area contributed by atoms with E-state index in [1.165, 1.54) is 35.2 Å². The van der Waals surface area contributed by atoms with Gasteiger partial charge in [0.1, 0.15) is 5.75 Å². The molecule has 6 nitrogen and oxygen atoms in total. The van der Waals surface area contributed by atoms with Crippen molar-refractivity contribution in [1.82, 2.24) is 15.0 Å². The molecule has 0 atom stereocenters. The summed E-state index contributed by atoms with van der Waals surface area (Å²) < 4.78 is 68.1. The molecule has 0 saturated heterocycles. The highest BCUT2D eigenvalue weighted by atomic mass is 32.2. The standard InChI is InChI=1S/C17H10F3N3O3S/c18-17(19,20)13-3-1-2-11(8-13)15-10-21-22-23(15)14-4-5-16-12(9-14)6-7-27(24,25)26-16/h1-10H. The topological polar surface area (TPSA) is 74.1 Å². The molecule has 0 fully saturated rings. The van der Waals surface area contributed by atoms with Gasteiger partial charge in [-0.2, -0.15) is 21.6 Å². The van der Waals surface area contributed by atoms with E-state index in [4.69, 9.17) is 4.18 Å². The minimum atomic E-state index is -4.46. The van der Waals surface area contributed by atoms with E-state index >= 15 is 0 Å². The van der Waals surface area contributed by atoms with E-state index in [1.54, 1.807) is 12.1 Å². The van der Waals surface area contributed by atoms with Crippen molar-refractivity contribution in [2.24, 2.45) is 0 Å². The Balaban J connectivity index is 1.78. The van der Waals surface area contributed by atoms with Crippen molar-refractivity contribution in [3.05, 3.63) is 65.2 Å². The van der Waals surface area contributed by atoms with Gasteiger partial charge in [-0.1, -0.05) is 17.3 Å². The van der Waals surface area contributed by atoms with Crippen LogP contribution in [0.5, 0.6) is 5.75 Å². The Hall–Kier alpha value is -3.14. The van der Waals surface area contributed by atoms with E-state index < -0.39 is 21.9 Å². The number of aromatic nitrogens is 3. The van der Waals surface area contributed by atoms with Crippen molar-refractivity contribution < 1.29 is 25.8 Å². The summed E-state index contributed by atoms with van der Waals surface area (Å²) in [4.78, 5) is 0. The third-order valence-electron chi connectivity index (χ3n) is 3.89. The molecule has 2 aromatic carbocycles. The zero-order valence-corrected chi connectivity index (χ0v) is 14.2. The molecule has 0 spiro atoms. The first-order chi connectivity index (χ1) is 12.7. The second kappa shape index (κ2) is 5.95. The summed E-state index contributed by atoms with van der Waals surface area (Å²) in [7, 11) is -3.75. The van der Waals surface area contributed by atoms with Gasteiger partial charge in [-0.05, 0) is 36.4 Å². The lowest BCUT2D eigenvalue weighted by Crippen LogP contribution is -2.10. The molecule has 27 heavy (non-hydrogen) atoms. The van der Waals surface area contributed by atoms with Crippen LogP contribution in [0.4, 0.5) is 13.2 Å². The Morgan fingerprint density at radius 1 is 1.07 bits per heavy atom. The Morgan fingerprint density at radius 2 is 1.89 bits per heavy atom. The van der Waals surface area contributed by atoms with Crippen molar-refractivity contribution in [3.8, 4) is 22.7 Å². The van der Waals surface area contributed by atoms with Gasteiger partial charge in [0.15, 0.2) is 0 Å². The molecule has 0 amide bonds. The number of benzene rings is 2. The predicted molar refractivity (Wildman–Crippen MR) is 90.4 cm³/mol. The highest BCUT2D eigenvalue weighted by Gasteiger charge is 2.30. The third-order valence-corrected chi connectivity index (χ3v) is 4.77. The molecule has 2 heterocycles. The maximum absolute atomic E-state index is 13.0. The molecule has 10 heteroatoms. The maximum Gasteiger partial charge on any atom is 0.416 e. The molecular weight excluding hydrogens is 383 g/mol. The minimum absolute atomic E-state index is 0.155. The minimum Gasteiger partial charge on any atom is -0.379 e. The largest absolute Gasteiger partial charge is 0.416 e. The van der Waals surface area contributed by atoms with Crippen molar-refractivity contribution in [2.75, 3.05) is 0 Å². The molecule has 0 aliphatic carbocycles. The molecular formula is C17H10F3N3O3S. The number of rotatable bonds is 2. The maximum atomic E-state index is 13.0. The Labute approximate surface area is 151 Å². The average Bonchev–Trinajstić information content (AvgIpc) is 3.10. The van der Waals surface area contributed by atoms with Gasteiger partial charge in [-0.15, -0.1) is 5.10 Å². The van der Waals surface area contributed by atoms with E-state index in [-0.39, 0.29) is 5.75 Å². The molecule has 0 bridgehead atoms. The van der Waals surface area contributed by atoms with Crippen LogP contribution in [0.25, 0.3) is 23.0 Å². The molecule has 0 radical (unpaired) electrons. The predicted octanol–water partition coefficient (Wildman–Crippen LogP) is 3.65. The van der Waals surface area contributed by atoms with Crippen LogP contribution in [-0.4, -0.2) is 23.4 Å². The smallest absolute Gasteiger partial charge is 0.379 e. The van der Waals surface area contributed by atoms with E-state index in [9.17, 15) is 21.6 Å². The molecule has 138 valence electrons. The van der Waals surface area contributed by atoms with Crippen molar-refractivity contribution in [3.63, 3.8) is 0 Å². The average molecular weight is 393 g/mol. The lowest BCUT2D eigenvalue weighted by Gasteiger charge is -2.14. The van der Waals surface area contributed by atoms with Gasteiger partial charge in [0, 0.05) is 11.1 Å². The SMILES string of the molecule is O=S1(=O)C=Cc2cc(-n3nncc3-c3cccc(C(F)(F)F)c3)ccc2O1. The Kier molecular flexibility index (Phi) is 3.81. The van der Waals surface area contributed by atoms with Gasteiger partial charge in [-0.3, -0.25) is 0 Å². The molecule has 3 aromatic rings. The zero-order chi connectivity index (χ0) is 19.2. The van der Waals surface area contributed by atoms with Crippen LogP contribution in [-0.2, 0) is 16.3 Å². The van der Waals surface area contributed by atoms with Crippen LogP contribution < -0.4 is 4.18 Å². The summed E-state index contributed by atoms with van der Waals surface area (Å²) >= 11 is 0. The van der Waals surface area contributed by atoms with E-state index in [1.807, 2.05) is 0 Å². The van der Waals surface area contributed by atoms with Crippen LogP contribution in [0.2, 0.25) is 0 Å². The highest BCUT2D eigenvalue weighted by Crippen LogP contribution is 2.33. The number of halogens is 3. The lowest BCUT2D eigenvalue weighted by atomic mass is 10.1. The molecule has 0 unspecified atom stereocenters. The lowest BCUT2D eigenvalue weighted by molar-refractivity contribution is -0.137. The molecule has 0 N–H and O–H groups in total. The monoisotopic (exact) mass is 393 g/mol. The van der Waals surface area contributed by atoms with Gasteiger partial charge < -0.3 is 4.18 Å². The van der Waals surface area contributed by atoms with Crippen molar-refractivity contribution in [1.29, 1.82) is 0 Å². The van der Waals surface area contributed by atoms with E-state index in [0.717, 1.165) is 17.5 Å². The number of hydrogen-bond donors (Lipinski definition) is 0. The van der Waals surface area contributed by atoms with Gasteiger partial charge in [0.25, 0.3) is 0 Å². The zero-order valence-electron chi connectivity index (χ0n) is 13.4. The van der Waals surface area contributed by atoms with E-state index in [2.05, 4.69) is 10.3 Å². The number of alkyl halides is 3. The van der Waals surface area contributed by atoms with Crippen LogP contribution in [0, 0.1) is 0 Å². The normalized spacial score (nSPS) is 15.2.